The molecule has 0 fully saturated rings. The van der Waals surface area contributed by atoms with Crippen molar-refractivity contribution in [3.8, 4) is 0 Å². The van der Waals surface area contributed by atoms with Crippen LogP contribution >= 0.6 is 0 Å². The normalized spacial score (nSPS) is 26.3. The van der Waals surface area contributed by atoms with E-state index in [-0.39, 0.29) is 12.8 Å². The fourth-order valence-electron chi connectivity index (χ4n) is 2.04. The summed E-state index contributed by atoms with van der Waals surface area (Å²) >= 11 is 0. The molecule has 0 N–H and O–H groups in total. The molecule has 1 aliphatic rings. The molecule has 1 atom stereocenters. The van der Waals surface area contributed by atoms with Gasteiger partial charge in [0, 0.05) is 12.8 Å². The van der Waals surface area contributed by atoms with E-state index in [0.29, 0.717) is 6.42 Å². The van der Waals surface area contributed by atoms with Crippen LogP contribution in [0, 0.1) is 0 Å². The van der Waals surface area contributed by atoms with Gasteiger partial charge in [0.1, 0.15) is 0 Å². The van der Waals surface area contributed by atoms with E-state index in [1.165, 1.54) is 6.08 Å². The number of rotatable bonds is 0. The first-order valence-corrected chi connectivity index (χ1v) is 6.91. The molecule has 0 aromatic heterocycles. The lowest BCUT2D eigenvalue weighted by Crippen LogP contribution is -2.33. The third-order valence-electron chi connectivity index (χ3n) is 3.16. The smallest absolute Gasteiger partial charge is 0.425 e. The molecule has 0 aliphatic carbocycles. The Kier molecular flexibility index (Phi) is 6.95. The zero-order valence-electron chi connectivity index (χ0n) is 11.0. The first-order valence-electron chi connectivity index (χ1n) is 6.91. The third-order valence-corrected chi connectivity index (χ3v) is 3.16. The van der Waals surface area contributed by atoms with Gasteiger partial charge in [-0.2, -0.15) is 13.2 Å². The lowest BCUT2D eigenvalue weighted by molar-refractivity contribution is -0.220. The molecule has 0 radical (unpaired) electrons. The molecule has 110 valence electrons. The van der Waals surface area contributed by atoms with Gasteiger partial charge in [0.05, 0.1) is 0 Å². The molecule has 1 heterocycles. The van der Waals surface area contributed by atoms with Crippen molar-refractivity contribution < 1.29 is 22.7 Å². The summed E-state index contributed by atoms with van der Waals surface area (Å²) in [7, 11) is 0. The van der Waals surface area contributed by atoms with Crippen molar-refractivity contribution in [2.45, 2.75) is 70.1 Å². The molecule has 1 aliphatic heterocycles. The van der Waals surface area contributed by atoms with Crippen molar-refractivity contribution in [2.24, 2.45) is 0 Å². The number of hydrogen-bond acceptors (Lipinski definition) is 2. The van der Waals surface area contributed by atoms with Crippen LogP contribution in [0.5, 0.6) is 0 Å². The first-order chi connectivity index (χ1) is 9.00. The highest BCUT2D eigenvalue weighted by Crippen LogP contribution is 2.26. The zero-order chi connectivity index (χ0) is 14.1. The van der Waals surface area contributed by atoms with Crippen LogP contribution in [0.2, 0.25) is 0 Å². The minimum Gasteiger partial charge on any atom is -0.452 e. The Morgan fingerprint density at radius 1 is 1.00 bits per heavy atom. The van der Waals surface area contributed by atoms with Gasteiger partial charge >= 0.3 is 12.1 Å². The minimum absolute atomic E-state index is 0.0797. The van der Waals surface area contributed by atoms with Crippen LogP contribution in [0.25, 0.3) is 0 Å². The van der Waals surface area contributed by atoms with Gasteiger partial charge in [0.15, 0.2) is 0 Å². The van der Waals surface area contributed by atoms with Gasteiger partial charge in [-0.05, 0) is 19.3 Å². The van der Waals surface area contributed by atoms with Gasteiger partial charge < -0.3 is 4.74 Å². The van der Waals surface area contributed by atoms with Crippen LogP contribution in [0.4, 0.5) is 13.2 Å². The van der Waals surface area contributed by atoms with E-state index >= 15 is 0 Å². The molecular formula is C14H21F3O2. The van der Waals surface area contributed by atoms with E-state index in [9.17, 15) is 18.0 Å². The third kappa shape index (κ3) is 7.23. The molecule has 1 rings (SSSR count). The highest BCUT2D eigenvalue weighted by molar-refractivity contribution is 5.69. The Morgan fingerprint density at radius 3 is 2.32 bits per heavy atom. The molecule has 1 unspecified atom stereocenters. The molecule has 0 aromatic carbocycles. The summed E-state index contributed by atoms with van der Waals surface area (Å²) in [4.78, 5) is 11.4. The van der Waals surface area contributed by atoms with E-state index in [1.54, 1.807) is 6.08 Å². The maximum Gasteiger partial charge on any atom is 0.425 e. The second kappa shape index (κ2) is 8.23. The Labute approximate surface area is 112 Å². The van der Waals surface area contributed by atoms with Crippen LogP contribution in [0.3, 0.4) is 0 Å². The summed E-state index contributed by atoms with van der Waals surface area (Å²) in [5.41, 5.74) is 0. The molecule has 0 saturated carbocycles. The molecule has 0 saturated heterocycles. The number of halogens is 3. The first kappa shape index (κ1) is 16.1. The Bertz CT molecular complexity index is 298. The van der Waals surface area contributed by atoms with Crippen molar-refractivity contribution >= 4 is 5.97 Å². The number of allylic oxidation sites excluding steroid dienone is 1. The maximum atomic E-state index is 12.7. The summed E-state index contributed by atoms with van der Waals surface area (Å²) in [6.45, 7) is 0. The predicted octanol–water partition coefficient (Wildman–Crippen LogP) is 4.54. The Morgan fingerprint density at radius 2 is 1.63 bits per heavy atom. The highest BCUT2D eigenvalue weighted by Gasteiger charge is 2.41. The largest absolute Gasteiger partial charge is 0.452 e. The highest BCUT2D eigenvalue weighted by atomic mass is 19.4. The van der Waals surface area contributed by atoms with Crippen molar-refractivity contribution in [1.82, 2.24) is 0 Å². The van der Waals surface area contributed by atoms with Crippen LogP contribution in [0.1, 0.15) is 57.8 Å². The molecule has 0 aromatic rings. The summed E-state index contributed by atoms with van der Waals surface area (Å²) in [6.07, 6.45) is 3.05. The number of cyclic esters (lactones) is 1. The molecule has 2 nitrogen and oxygen atoms in total. The Balaban J connectivity index is 2.58. The van der Waals surface area contributed by atoms with Crippen molar-refractivity contribution in [3.05, 3.63) is 12.2 Å². The lowest BCUT2D eigenvalue weighted by atomic mass is 10.1. The number of carbonyl (C=O) groups excluding carboxylic acids is 1. The van der Waals surface area contributed by atoms with Crippen molar-refractivity contribution in [2.75, 3.05) is 0 Å². The quantitative estimate of drug-likeness (QED) is 0.480. The van der Waals surface area contributed by atoms with Gasteiger partial charge in [0.2, 0.25) is 6.10 Å². The van der Waals surface area contributed by atoms with Crippen molar-refractivity contribution in [3.63, 3.8) is 0 Å². The van der Waals surface area contributed by atoms with Crippen LogP contribution in [0.15, 0.2) is 12.2 Å². The number of carbonyl (C=O) groups is 1. The lowest BCUT2D eigenvalue weighted by Gasteiger charge is -2.19. The topological polar surface area (TPSA) is 26.3 Å². The summed E-state index contributed by atoms with van der Waals surface area (Å²) in [5, 5.41) is 0. The van der Waals surface area contributed by atoms with E-state index in [0.717, 1.165) is 38.5 Å². The second-order valence-corrected chi connectivity index (χ2v) is 4.89. The van der Waals surface area contributed by atoms with Crippen LogP contribution in [-0.2, 0) is 9.53 Å². The SMILES string of the molecule is O=C1CCCCCCCC/C=C/CC(C(F)(F)F)O1. The second-order valence-electron chi connectivity index (χ2n) is 4.89. The van der Waals surface area contributed by atoms with Crippen LogP contribution in [-0.4, -0.2) is 18.2 Å². The van der Waals surface area contributed by atoms with Gasteiger partial charge in [-0.1, -0.05) is 37.8 Å². The monoisotopic (exact) mass is 278 g/mol. The van der Waals surface area contributed by atoms with Crippen LogP contribution < -0.4 is 0 Å². The summed E-state index contributed by atoms with van der Waals surface area (Å²) in [5.74, 6) is -0.743. The van der Waals surface area contributed by atoms with E-state index in [4.69, 9.17) is 0 Å². The standard InChI is InChI=1S/C14H21F3O2/c15-14(16,17)12-10-8-6-4-2-1-3-5-7-9-11-13(18)19-12/h6,8,12H,1-5,7,9-11H2/b8-6+. The average molecular weight is 278 g/mol. The van der Waals surface area contributed by atoms with Gasteiger partial charge in [-0.3, -0.25) is 4.79 Å². The number of hydrogen-bond donors (Lipinski definition) is 0. The molecule has 19 heavy (non-hydrogen) atoms. The van der Waals surface area contributed by atoms with E-state index in [1.807, 2.05) is 0 Å². The predicted molar refractivity (Wildman–Crippen MR) is 66.6 cm³/mol. The fourth-order valence-corrected chi connectivity index (χ4v) is 2.04. The number of esters is 1. The Hall–Kier alpha value is -1.00. The number of alkyl halides is 3. The number of ether oxygens (including phenoxy) is 1. The van der Waals surface area contributed by atoms with Gasteiger partial charge in [-0.25, -0.2) is 0 Å². The maximum absolute atomic E-state index is 12.7. The van der Waals surface area contributed by atoms with Crippen molar-refractivity contribution in [1.29, 1.82) is 0 Å². The minimum atomic E-state index is -4.49. The molecule has 0 bridgehead atoms. The zero-order valence-corrected chi connectivity index (χ0v) is 11.0. The molecule has 5 heteroatoms. The van der Waals surface area contributed by atoms with E-state index < -0.39 is 18.2 Å². The van der Waals surface area contributed by atoms with Gasteiger partial charge in [-0.15, -0.1) is 0 Å². The molecule has 0 spiro atoms. The van der Waals surface area contributed by atoms with Gasteiger partial charge in [0.25, 0.3) is 0 Å². The molecule has 0 amide bonds. The fraction of sp³-hybridized carbons (Fsp3) is 0.786. The summed E-state index contributed by atoms with van der Waals surface area (Å²) in [6, 6.07) is 0. The molecular weight excluding hydrogens is 257 g/mol. The van der Waals surface area contributed by atoms with E-state index in [2.05, 4.69) is 4.74 Å². The average Bonchev–Trinajstić information content (AvgIpc) is 2.32. The summed E-state index contributed by atoms with van der Waals surface area (Å²) < 4.78 is 42.6.